The summed E-state index contributed by atoms with van der Waals surface area (Å²) in [4.78, 5) is 11.3. The monoisotopic (exact) mass is 277 g/mol. The summed E-state index contributed by atoms with van der Waals surface area (Å²) in [5, 5.41) is 16.2. The third-order valence-electron chi connectivity index (χ3n) is 2.92. The van der Waals surface area contributed by atoms with Crippen LogP contribution >= 0.6 is 11.6 Å². The maximum atomic E-state index is 11.3. The highest BCUT2D eigenvalue weighted by atomic mass is 35.5. The molecule has 0 aliphatic heterocycles. The molecule has 1 aromatic carbocycles. The number of nitrogens with zero attached hydrogens (tertiary/aromatic N) is 2. The topological polar surface area (TPSA) is 58.0 Å². The molecule has 0 aliphatic carbocycles. The molecule has 0 atom stereocenters. The number of benzene rings is 1. The van der Waals surface area contributed by atoms with E-state index in [1.165, 1.54) is 0 Å². The van der Waals surface area contributed by atoms with Crippen LogP contribution in [0.4, 0.5) is 0 Å². The molecule has 0 unspecified atom stereocenters. The molecular weight excluding hydrogens is 264 g/mol. The number of aryl methyl sites for hydroxylation is 1. The van der Waals surface area contributed by atoms with Gasteiger partial charge in [0.1, 0.15) is 0 Å². The van der Waals surface area contributed by atoms with Gasteiger partial charge in [0.25, 0.3) is 0 Å². The summed E-state index contributed by atoms with van der Waals surface area (Å²) in [5.74, 6) is -1.17. The minimum absolute atomic E-state index is 0.0183. The molecule has 19 heavy (non-hydrogen) atoms. The number of carboxylic acid groups (broad SMARTS) is 1. The van der Waals surface area contributed by atoms with Crippen LogP contribution in [0.25, 0.3) is 5.69 Å². The quantitative estimate of drug-likeness (QED) is 0.865. The molecule has 0 saturated carbocycles. The molecule has 1 aromatic heterocycles. The zero-order valence-corrected chi connectivity index (χ0v) is 11.7. The van der Waals surface area contributed by atoms with Crippen LogP contribution in [0.5, 0.6) is 0 Å². The largest absolute Gasteiger partial charge is 0.545 e. The Balaban J connectivity index is 2.67. The Hall–Kier alpha value is -1.81. The lowest BCUT2D eigenvalue weighted by atomic mass is 10.0. The van der Waals surface area contributed by atoms with E-state index in [1.54, 1.807) is 35.9 Å². The van der Waals surface area contributed by atoms with Crippen molar-refractivity contribution in [2.45, 2.75) is 26.7 Å². The number of carbonyl (C=O) groups excluding carboxylic acids is 1. The molecule has 0 fully saturated rings. The van der Waals surface area contributed by atoms with Gasteiger partial charge in [0.05, 0.1) is 23.0 Å². The third-order valence-corrected chi connectivity index (χ3v) is 3.17. The molecule has 4 nitrogen and oxygen atoms in total. The molecule has 0 saturated heterocycles. The summed E-state index contributed by atoms with van der Waals surface area (Å²) in [7, 11) is 0. The number of aromatic nitrogens is 2. The van der Waals surface area contributed by atoms with E-state index >= 15 is 0 Å². The van der Waals surface area contributed by atoms with Gasteiger partial charge < -0.3 is 9.90 Å². The molecule has 0 spiro atoms. The van der Waals surface area contributed by atoms with Gasteiger partial charge in [0.2, 0.25) is 0 Å². The van der Waals surface area contributed by atoms with Gasteiger partial charge in [-0.3, -0.25) is 0 Å². The molecule has 0 radical (unpaired) electrons. The molecule has 100 valence electrons. The van der Waals surface area contributed by atoms with Gasteiger partial charge in [-0.1, -0.05) is 25.4 Å². The fourth-order valence-corrected chi connectivity index (χ4v) is 2.24. The minimum Gasteiger partial charge on any atom is -0.545 e. The summed E-state index contributed by atoms with van der Waals surface area (Å²) < 4.78 is 1.64. The number of rotatable bonds is 3. The van der Waals surface area contributed by atoms with Crippen LogP contribution in [0.1, 0.15) is 41.5 Å². The lowest BCUT2D eigenvalue weighted by Gasteiger charge is -2.13. The second-order valence-corrected chi connectivity index (χ2v) is 5.11. The van der Waals surface area contributed by atoms with Crippen molar-refractivity contribution in [3.05, 3.63) is 46.2 Å². The molecule has 0 N–H and O–H groups in total. The zero-order chi connectivity index (χ0) is 14.2. The molecule has 0 aliphatic rings. The number of halogens is 1. The maximum Gasteiger partial charge on any atom is 0.0752 e. The highest BCUT2D eigenvalue weighted by Crippen LogP contribution is 2.25. The van der Waals surface area contributed by atoms with Gasteiger partial charge in [0, 0.05) is 10.6 Å². The summed E-state index contributed by atoms with van der Waals surface area (Å²) in [5.41, 5.74) is 2.05. The summed E-state index contributed by atoms with van der Waals surface area (Å²) in [6.07, 6.45) is 0. The Morgan fingerprint density at radius 1 is 1.32 bits per heavy atom. The number of aromatic carboxylic acids is 1. The Labute approximate surface area is 116 Å². The molecule has 0 bridgehead atoms. The molecule has 2 aromatic rings. The van der Waals surface area contributed by atoms with Crippen molar-refractivity contribution in [3.8, 4) is 5.69 Å². The third kappa shape index (κ3) is 2.49. The first kappa shape index (κ1) is 13.6. The second-order valence-electron chi connectivity index (χ2n) is 4.68. The number of carboxylic acids is 1. The van der Waals surface area contributed by atoms with Crippen LogP contribution in [0.3, 0.4) is 0 Å². The van der Waals surface area contributed by atoms with Crippen molar-refractivity contribution in [1.82, 2.24) is 9.78 Å². The first-order chi connectivity index (χ1) is 8.91. The minimum atomic E-state index is -1.19. The van der Waals surface area contributed by atoms with E-state index in [-0.39, 0.29) is 11.5 Å². The Kier molecular flexibility index (Phi) is 3.62. The smallest absolute Gasteiger partial charge is 0.0752 e. The average Bonchev–Trinajstić information content (AvgIpc) is 2.68. The van der Waals surface area contributed by atoms with E-state index in [9.17, 15) is 9.90 Å². The number of hydrogen-bond donors (Lipinski definition) is 0. The molecule has 1 heterocycles. The Morgan fingerprint density at radius 2 is 1.89 bits per heavy atom. The molecular formula is C14H14ClN2O2-. The van der Waals surface area contributed by atoms with Crippen molar-refractivity contribution < 1.29 is 9.90 Å². The van der Waals surface area contributed by atoms with E-state index in [2.05, 4.69) is 5.10 Å². The van der Waals surface area contributed by atoms with Crippen LogP contribution in [0, 0.1) is 6.92 Å². The predicted octanol–water partition coefficient (Wildman–Crippen LogP) is 2.32. The fourth-order valence-electron chi connectivity index (χ4n) is 2.11. The molecule has 2 rings (SSSR count). The maximum absolute atomic E-state index is 11.3. The van der Waals surface area contributed by atoms with E-state index in [0.717, 1.165) is 5.69 Å². The van der Waals surface area contributed by atoms with Gasteiger partial charge >= 0.3 is 0 Å². The van der Waals surface area contributed by atoms with Crippen LogP contribution < -0.4 is 5.11 Å². The van der Waals surface area contributed by atoms with Crippen molar-refractivity contribution in [3.63, 3.8) is 0 Å². The summed E-state index contributed by atoms with van der Waals surface area (Å²) in [6.45, 7) is 5.52. The van der Waals surface area contributed by atoms with Gasteiger partial charge in [-0.05, 0) is 37.1 Å². The number of hydrogen-bond acceptors (Lipinski definition) is 3. The van der Waals surface area contributed by atoms with Crippen molar-refractivity contribution in [2.24, 2.45) is 0 Å². The molecule has 0 amide bonds. The highest BCUT2D eigenvalue weighted by molar-refractivity contribution is 6.30. The summed E-state index contributed by atoms with van der Waals surface area (Å²) in [6, 6.07) is 7.10. The first-order valence-electron chi connectivity index (χ1n) is 5.98. The lowest BCUT2D eigenvalue weighted by molar-refractivity contribution is -0.255. The normalized spacial score (nSPS) is 11.0. The standard InChI is InChI=1S/C14H15ClN2O2/c1-8(2)13-12(14(18)19)9(3)16-17(13)11-6-4-10(15)5-7-11/h4-8H,1-3H3,(H,18,19)/p-1. The summed E-state index contributed by atoms with van der Waals surface area (Å²) >= 11 is 5.85. The van der Waals surface area contributed by atoms with E-state index in [0.29, 0.717) is 16.4 Å². The van der Waals surface area contributed by atoms with Crippen LogP contribution in [0.15, 0.2) is 24.3 Å². The number of carbonyl (C=O) groups is 1. The van der Waals surface area contributed by atoms with E-state index < -0.39 is 5.97 Å². The van der Waals surface area contributed by atoms with Crippen LogP contribution in [-0.4, -0.2) is 15.7 Å². The van der Waals surface area contributed by atoms with E-state index in [4.69, 9.17) is 11.6 Å². The second kappa shape index (κ2) is 5.05. The van der Waals surface area contributed by atoms with Crippen molar-refractivity contribution >= 4 is 17.6 Å². The fraction of sp³-hybridized carbons (Fsp3) is 0.286. The Morgan fingerprint density at radius 3 is 2.37 bits per heavy atom. The SMILES string of the molecule is Cc1nn(-c2ccc(Cl)cc2)c(C(C)C)c1C(=O)[O-]. The average molecular weight is 278 g/mol. The lowest BCUT2D eigenvalue weighted by Crippen LogP contribution is -2.24. The molecule has 5 heteroatoms. The van der Waals surface area contributed by atoms with Crippen molar-refractivity contribution in [1.29, 1.82) is 0 Å². The van der Waals surface area contributed by atoms with E-state index in [1.807, 2.05) is 13.8 Å². The van der Waals surface area contributed by atoms with Crippen molar-refractivity contribution in [2.75, 3.05) is 0 Å². The predicted molar refractivity (Wildman–Crippen MR) is 71.7 cm³/mol. The van der Waals surface area contributed by atoms with Crippen LogP contribution in [-0.2, 0) is 0 Å². The van der Waals surface area contributed by atoms with Gasteiger partial charge in [-0.25, -0.2) is 4.68 Å². The first-order valence-corrected chi connectivity index (χ1v) is 6.36. The highest BCUT2D eigenvalue weighted by Gasteiger charge is 2.19. The van der Waals surface area contributed by atoms with Gasteiger partial charge in [-0.2, -0.15) is 5.10 Å². The zero-order valence-electron chi connectivity index (χ0n) is 11.0. The van der Waals surface area contributed by atoms with Gasteiger partial charge in [-0.15, -0.1) is 0 Å². The van der Waals surface area contributed by atoms with Crippen LogP contribution in [0.2, 0.25) is 5.02 Å². The van der Waals surface area contributed by atoms with Gasteiger partial charge in [0.15, 0.2) is 0 Å². The Bertz CT molecular complexity index is 615.